The number of piperazine rings is 1. The van der Waals surface area contributed by atoms with Crippen molar-refractivity contribution < 1.29 is 24.5 Å². The van der Waals surface area contributed by atoms with Gasteiger partial charge in [0.2, 0.25) is 11.6 Å². The molecule has 11 heteroatoms. The first-order chi connectivity index (χ1) is 20.4. The van der Waals surface area contributed by atoms with E-state index in [4.69, 9.17) is 4.74 Å². The zero-order valence-electron chi connectivity index (χ0n) is 25.4. The molecule has 2 amide bonds. The zero-order chi connectivity index (χ0) is 30.6. The molecule has 2 aromatic rings. The highest BCUT2D eigenvalue weighted by Crippen LogP contribution is 2.49. The SMILES string of the molecule is CC(C)C[C@H]1C(O)N2CCC[C@H]2[C@]2(O)O[C@](NC(=O)[C@@H]3C=C4c5cccc6[nH]c(Br)c(c56)C[C@H]4N(C)C3)(C(C)C)C(=O)N12. The summed E-state index contributed by atoms with van der Waals surface area (Å²) in [5, 5.41) is 27.8. The molecule has 3 fully saturated rings. The normalized spacial score (nSPS) is 35.9. The van der Waals surface area contributed by atoms with E-state index in [1.807, 2.05) is 45.7 Å². The van der Waals surface area contributed by atoms with E-state index in [2.05, 4.69) is 49.3 Å². The molecule has 5 heterocycles. The molecule has 4 aliphatic heterocycles. The van der Waals surface area contributed by atoms with Gasteiger partial charge in [-0.1, -0.05) is 45.9 Å². The first kappa shape index (κ1) is 29.4. The fourth-order valence-electron chi connectivity index (χ4n) is 8.37. The minimum Gasteiger partial charge on any atom is -0.376 e. The van der Waals surface area contributed by atoms with E-state index in [9.17, 15) is 19.8 Å². The number of amides is 2. The number of carbonyl (C=O) groups is 2. The number of carbonyl (C=O) groups excluding carboxylic acids is 2. The van der Waals surface area contributed by atoms with Crippen molar-refractivity contribution in [3.8, 4) is 0 Å². The topological polar surface area (TPSA) is 121 Å². The minimum atomic E-state index is -1.95. The molecular formula is C32H42BrN5O5. The van der Waals surface area contributed by atoms with Crippen LogP contribution in [0.5, 0.6) is 0 Å². The Morgan fingerprint density at radius 3 is 2.77 bits per heavy atom. The summed E-state index contributed by atoms with van der Waals surface area (Å²) in [6, 6.07) is 5.09. The molecule has 7 rings (SSSR count). The molecule has 1 aromatic carbocycles. The smallest absolute Gasteiger partial charge is 0.280 e. The summed E-state index contributed by atoms with van der Waals surface area (Å²) in [6.07, 6.45) is 3.82. The molecule has 0 saturated carbocycles. The lowest BCUT2D eigenvalue weighted by Gasteiger charge is -2.52. The Morgan fingerprint density at radius 2 is 2.05 bits per heavy atom. The van der Waals surface area contributed by atoms with E-state index in [-0.39, 0.29) is 17.9 Å². The minimum absolute atomic E-state index is 0.124. The Morgan fingerprint density at radius 1 is 1.28 bits per heavy atom. The van der Waals surface area contributed by atoms with Crippen LogP contribution in [0, 0.1) is 17.8 Å². The summed E-state index contributed by atoms with van der Waals surface area (Å²) in [5.41, 5.74) is 2.75. The van der Waals surface area contributed by atoms with Gasteiger partial charge in [-0.2, -0.15) is 0 Å². The number of H-pyrrole nitrogens is 1. The largest absolute Gasteiger partial charge is 0.376 e. The van der Waals surface area contributed by atoms with E-state index in [1.165, 1.54) is 15.8 Å². The fraction of sp³-hybridized carbons (Fsp3) is 0.625. The van der Waals surface area contributed by atoms with Gasteiger partial charge in [0.25, 0.3) is 11.8 Å². The fourth-order valence-corrected chi connectivity index (χ4v) is 8.94. The van der Waals surface area contributed by atoms with Crippen LogP contribution in [0.15, 0.2) is 28.9 Å². The van der Waals surface area contributed by atoms with Gasteiger partial charge in [0.1, 0.15) is 6.23 Å². The number of nitrogens with one attached hydrogen (secondary N) is 2. The lowest BCUT2D eigenvalue weighted by molar-refractivity contribution is -0.349. The number of aliphatic hydroxyl groups is 2. The number of hydrogen-bond acceptors (Lipinski definition) is 7. The molecule has 3 saturated heterocycles. The number of benzene rings is 1. The first-order valence-corrected chi connectivity index (χ1v) is 16.4. The average molecular weight is 657 g/mol. The maximum Gasteiger partial charge on any atom is 0.280 e. The van der Waals surface area contributed by atoms with E-state index in [0.717, 1.165) is 34.1 Å². The number of aromatic nitrogens is 1. The third-order valence-corrected chi connectivity index (χ3v) is 11.1. The van der Waals surface area contributed by atoms with E-state index in [0.29, 0.717) is 25.9 Å². The van der Waals surface area contributed by atoms with Gasteiger partial charge in [-0.15, -0.1) is 0 Å². The van der Waals surface area contributed by atoms with Crippen LogP contribution < -0.4 is 5.32 Å². The van der Waals surface area contributed by atoms with Gasteiger partial charge in [-0.05, 0) is 77.3 Å². The van der Waals surface area contributed by atoms with E-state index >= 15 is 0 Å². The molecule has 0 spiro atoms. The number of likely N-dealkylation sites (N-methyl/N-ethyl adjacent to an activating group) is 1. The predicted octanol–water partition coefficient (Wildman–Crippen LogP) is 2.98. The van der Waals surface area contributed by atoms with Crippen LogP contribution in [0.1, 0.15) is 58.1 Å². The molecule has 43 heavy (non-hydrogen) atoms. The molecule has 7 atom stereocenters. The monoisotopic (exact) mass is 655 g/mol. The number of rotatable bonds is 5. The standard InChI is InChI=1S/C32H42BrN5O5/c1-16(2)12-24-29(40)37-11-7-10-25(37)32(42)38(24)30(41)31(43-32,17(3)4)35-28(39)18-13-20-19-8-6-9-22-26(19)21(27(33)34-22)14-23(20)36(5)15-18/h6,8-9,13,16-18,23-25,29,34,40,42H,7,10-12,14-15H2,1-5H3,(H,35,39)/t18-,23-,24+,25+,29?,31-,32+/m1/s1. The highest BCUT2D eigenvalue weighted by Gasteiger charge is 2.71. The summed E-state index contributed by atoms with van der Waals surface area (Å²) >= 11 is 3.70. The Labute approximate surface area is 260 Å². The zero-order valence-corrected chi connectivity index (χ0v) is 27.0. The molecule has 0 radical (unpaired) electrons. The van der Waals surface area contributed by atoms with Crippen LogP contribution in [0.2, 0.25) is 0 Å². The number of hydrogen-bond donors (Lipinski definition) is 4. The van der Waals surface area contributed by atoms with E-state index in [1.54, 1.807) is 0 Å². The lowest BCUT2D eigenvalue weighted by atomic mass is 9.79. The second kappa shape index (κ2) is 10.1. The molecule has 4 N–H and O–H groups in total. The summed E-state index contributed by atoms with van der Waals surface area (Å²) in [6.45, 7) is 8.81. The molecule has 10 nitrogen and oxygen atoms in total. The van der Waals surface area contributed by atoms with Crippen molar-refractivity contribution in [3.05, 3.63) is 40.0 Å². The van der Waals surface area contributed by atoms with Gasteiger partial charge in [0.05, 0.1) is 22.6 Å². The van der Waals surface area contributed by atoms with Crippen molar-refractivity contribution in [1.29, 1.82) is 0 Å². The van der Waals surface area contributed by atoms with Crippen LogP contribution in [0.3, 0.4) is 0 Å². The van der Waals surface area contributed by atoms with Crippen molar-refractivity contribution in [2.24, 2.45) is 17.8 Å². The van der Waals surface area contributed by atoms with E-state index < -0.39 is 47.7 Å². The first-order valence-electron chi connectivity index (χ1n) is 15.6. The second-order valence-electron chi connectivity index (χ2n) is 13.9. The molecule has 1 aliphatic carbocycles. The van der Waals surface area contributed by atoms with Crippen LogP contribution in [-0.4, -0.2) is 97.8 Å². The van der Waals surface area contributed by atoms with Crippen LogP contribution >= 0.6 is 15.9 Å². The van der Waals surface area contributed by atoms with Crippen molar-refractivity contribution in [2.75, 3.05) is 20.1 Å². The Kier molecular flexibility index (Phi) is 6.92. The third-order valence-electron chi connectivity index (χ3n) is 10.4. The van der Waals surface area contributed by atoms with Gasteiger partial charge < -0.3 is 20.5 Å². The second-order valence-corrected chi connectivity index (χ2v) is 14.6. The quantitative estimate of drug-likeness (QED) is 0.391. The number of aromatic amines is 1. The Bertz CT molecular complexity index is 1520. The molecular weight excluding hydrogens is 614 g/mol. The molecule has 5 aliphatic rings. The van der Waals surface area contributed by atoms with Crippen molar-refractivity contribution >= 4 is 44.2 Å². The van der Waals surface area contributed by atoms with Crippen LogP contribution in [0.4, 0.5) is 0 Å². The van der Waals surface area contributed by atoms with Crippen molar-refractivity contribution in [3.63, 3.8) is 0 Å². The number of aliphatic hydroxyl groups excluding tert-OH is 1. The van der Waals surface area contributed by atoms with Gasteiger partial charge >= 0.3 is 0 Å². The number of halogens is 1. The number of ether oxygens (including phenoxy) is 1. The van der Waals surface area contributed by atoms with Gasteiger partial charge in [-0.3, -0.25) is 29.0 Å². The van der Waals surface area contributed by atoms with Gasteiger partial charge in [0.15, 0.2) is 0 Å². The summed E-state index contributed by atoms with van der Waals surface area (Å²) < 4.78 is 7.48. The third kappa shape index (κ3) is 4.15. The molecule has 232 valence electrons. The summed E-state index contributed by atoms with van der Waals surface area (Å²) in [7, 11) is 2.04. The van der Waals surface area contributed by atoms with Crippen LogP contribution in [0.25, 0.3) is 16.5 Å². The highest BCUT2D eigenvalue weighted by molar-refractivity contribution is 9.10. The maximum absolute atomic E-state index is 14.5. The number of fused-ring (bicyclic) bond motifs is 5. The average Bonchev–Trinajstić information content (AvgIpc) is 3.63. The van der Waals surface area contributed by atoms with Crippen LogP contribution in [-0.2, 0) is 20.7 Å². The van der Waals surface area contributed by atoms with Crippen molar-refractivity contribution in [1.82, 2.24) is 25.0 Å². The lowest BCUT2D eigenvalue weighted by Crippen LogP contribution is -2.72. The van der Waals surface area contributed by atoms with Gasteiger partial charge in [-0.25, -0.2) is 0 Å². The Balaban J connectivity index is 1.24. The van der Waals surface area contributed by atoms with Crippen molar-refractivity contribution in [2.45, 2.75) is 89.4 Å². The predicted molar refractivity (Wildman–Crippen MR) is 165 cm³/mol. The van der Waals surface area contributed by atoms with Gasteiger partial charge in [0, 0.05) is 36.0 Å². The Hall–Kier alpha value is -2.28. The number of nitrogens with zero attached hydrogens (tertiary/aromatic N) is 3. The summed E-state index contributed by atoms with van der Waals surface area (Å²) in [4.78, 5) is 37.5. The summed E-state index contributed by atoms with van der Waals surface area (Å²) in [5.74, 6) is -3.61. The highest BCUT2D eigenvalue weighted by atomic mass is 79.9. The molecule has 1 aromatic heterocycles. The molecule has 0 bridgehead atoms. The molecule has 1 unspecified atom stereocenters. The maximum atomic E-state index is 14.5.